The van der Waals surface area contributed by atoms with Crippen molar-refractivity contribution in [2.75, 3.05) is 66.0 Å². The SMILES string of the molecule is CC12CNCC(=O)NCC(C)(CN=C([O-])CNC1)CN=C([O-])CNC2.CO.[Cu+2]. The summed E-state index contributed by atoms with van der Waals surface area (Å²) in [7, 11) is 1.00. The van der Waals surface area contributed by atoms with E-state index in [1.807, 2.05) is 13.8 Å². The van der Waals surface area contributed by atoms with Crippen LogP contribution < -0.4 is 31.5 Å². The van der Waals surface area contributed by atoms with E-state index in [9.17, 15) is 15.0 Å². The molecule has 3 aliphatic rings. The number of rotatable bonds is 0. The number of fused-ring (bicyclic) bond motifs is 13. The number of carbonyl (C=O) groups excluding carboxylic acids is 1. The zero-order valence-electron chi connectivity index (χ0n) is 16.7. The van der Waals surface area contributed by atoms with Crippen LogP contribution in [0.1, 0.15) is 13.8 Å². The Balaban J connectivity index is 0.00000235. The summed E-state index contributed by atoms with van der Waals surface area (Å²) in [5.41, 5.74) is -0.854. The number of aliphatic imine (C=N–C) groups is 2. The summed E-state index contributed by atoms with van der Waals surface area (Å²) < 4.78 is 0. The van der Waals surface area contributed by atoms with Gasteiger partial charge in [-0.3, -0.25) is 4.79 Å². The van der Waals surface area contributed by atoms with Crippen molar-refractivity contribution in [3.8, 4) is 0 Å². The molecular formula is C17H32CuN6O4. The van der Waals surface area contributed by atoms with Crippen molar-refractivity contribution < 1.29 is 37.2 Å². The van der Waals surface area contributed by atoms with Crippen molar-refractivity contribution in [3.05, 3.63) is 0 Å². The van der Waals surface area contributed by atoms with E-state index in [4.69, 9.17) is 5.11 Å². The van der Waals surface area contributed by atoms with Gasteiger partial charge in [0.1, 0.15) is 0 Å². The summed E-state index contributed by atoms with van der Waals surface area (Å²) in [5, 5.41) is 43.3. The number of hydrogen-bond acceptors (Lipinski definition) is 9. The molecule has 0 atom stereocenters. The van der Waals surface area contributed by atoms with Gasteiger partial charge >= 0.3 is 17.1 Å². The number of nitrogens with one attached hydrogen (secondary N) is 4. The molecule has 165 valence electrons. The van der Waals surface area contributed by atoms with Gasteiger partial charge in [0.05, 0.1) is 6.54 Å². The van der Waals surface area contributed by atoms with Crippen LogP contribution >= 0.6 is 0 Å². The standard InChI is InChI=1S/C16H30N6O3.CH4O.Cu/c1-15-6-17-3-12(23)20-9-16(2,10-21-13(24)4-18-7-15)11-22-14(25)5-19-8-15;1-2;/h17-19H,3-11H2,1-2H3,(H,20,23)(H,21,24)(H,22,25);2H,1H3;/q;;+2/p-2. The second-order valence-electron chi connectivity index (χ2n) is 7.63. The molecule has 0 saturated carbocycles. The Morgan fingerprint density at radius 2 is 1.25 bits per heavy atom. The van der Waals surface area contributed by atoms with Crippen molar-refractivity contribution in [2.45, 2.75) is 13.8 Å². The number of hydrogen-bond donors (Lipinski definition) is 5. The van der Waals surface area contributed by atoms with Crippen LogP contribution in [0.5, 0.6) is 0 Å². The molecular weight excluding hydrogens is 416 g/mol. The molecule has 0 saturated heterocycles. The van der Waals surface area contributed by atoms with Crippen LogP contribution in [-0.2, 0) is 21.9 Å². The van der Waals surface area contributed by atoms with E-state index in [0.29, 0.717) is 26.2 Å². The minimum atomic E-state index is -0.580. The molecule has 0 aromatic heterocycles. The second kappa shape index (κ2) is 13.1. The Morgan fingerprint density at radius 1 is 0.821 bits per heavy atom. The maximum atomic E-state index is 12.1. The normalized spacial score (nSPS) is 30.2. The number of aliphatic hydroxyl groups is 1. The molecule has 3 heterocycles. The average molecular weight is 448 g/mol. The zero-order valence-corrected chi connectivity index (χ0v) is 17.7. The van der Waals surface area contributed by atoms with Gasteiger partial charge in [0.15, 0.2) is 0 Å². The maximum absolute atomic E-state index is 12.1. The molecule has 1 radical (unpaired) electrons. The third-order valence-electron chi connectivity index (χ3n) is 4.48. The third-order valence-corrected chi connectivity index (χ3v) is 4.48. The fourth-order valence-corrected chi connectivity index (χ4v) is 2.81. The van der Waals surface area contributed by atoms with E-state index in [0.717, 1.165) is 7.11 Å². The molecule has 0 aromatic carbocycles. The molecule has 11 heteroatoms. The predicted molar refractivity (Wildman–Crippen MR) is 101 cm³/mol. The Labute approximate surface area is 177 Å². The van der Waals surface area contributed by atoms with Gasteiger partial charge in [-0.2, -0.15) is 0 Å². The van der Waals surface area contributed by atoms with Crippen molar-refractivity contribution in [1.29, 1.82) is 0 Å². The van der Waals surface area contributed by atoms with Gasteiger partial charge in [-0.15, -0.1) is 0 Å². The van der Waals surface area contributed by atoms with Crippen LogP contribution in [0.2, 0.25) is 0 Å². The number of aliphatic hydroxyl groups excluding tert-OH is 1. The first-order valence-corrected chi connectivity index (χ1v) is 9.05. The second-order valence-corrected chi connectivity index (χ2v) is 7.63. The van der Waals surface area contributed by atoms with Gasteiger partial charge in [-0.05, 0) is 11.8 Å². The van der Waals surface area contributed by atoms with Gasteiger partial charge in [0, 0.05) is 70.3 Å². The molecule has 3 rings (SSSR count). The topological polar surface area (TPSA) is 156 Å². The average Bonchev–Trinajstić information content (AvgIpc) is 2.64. The van der Waals surface area contributed by atoms with Crippen LogP contribution in [0.4, 0.5) is 0 Å². The van der Waals surface area contributed by atoms with Gasteiger partial charge < -0.3 is 46.6 Å². The zero-order chi connectivity index (χ0) is 20.3. The Hall–Kier alpha value is -1.23. The summed E-state index contributed by atoms with van der Waals surface area (Å²) >= 11 is 0. The van der Waals surface area contributed by atoms with E-state index < -0.39 is 5.41 Å². The molecule has 28 heavy (non-hydrogen) atoms. The molecule has 0 aromatic rings. The molecule has 0 fully saturated rings. The van der Waals surface area contributed by atoms with Crippen molar-refractivity contribution in [2.24, 2.45) is 20.8 Å². The summed E-state index contributed by atoms with van der Waals surface area (Å²) in [6.45, 7) is 6.86. The first-order valence-electron chi connectivity index (χ1n) is 9.05. The Morgan fingerprint density at radius 3 is 1.71 bits per heavy atom. The van der Waals surface area contributed by atoms with Crippen LogP contribution in [0.15, 0.2) is 9.98 Å². The van der Waals surface area contributed by atoms with E-state index in [2.05, 4.69) is 31.3 Å². The quantitative estimate of drug-likeness (QED) is 0.237. The van der Waals surface area contributed by atoms with Crippen molar-refractivity contribution in [3.63, 3.8) is 0 Å². The van der Waals surface area contributed by atoms with E-state index in [1.165, 1.54) is 0 Å². The van der Waals surface area contributed by atoms with E-state index in [-0.39, 0.29) is 72.9 Å². The van der Waals surface area contributed by atoms with Gasteiger partial charge in [0.25, 0.3) is 0 Å². The smallest absolute Gasteiger partial charge is 0.861 e. The molecule has 3 aliphatic heterocycles. The van der Waals surface area contributed by atoms with Crippen LogP contribution in [-0.4, -0.2) is 88.8 Å². The predicted octanol–water partition coefficient (Wildman–Crippen LogP) is -3.97. The minimum absolute atomic E-state index is 0. The number of carbonyl (C=O) groups is 1. The molecule has 0 spiro atoms. The molecule has 10 nitrogen and oxygen atoms in total. The molecule has 0 unspecified atom stereocenters. The van der Waals surface area contributed by atoms with Crippen LogP contribution in [0.3, 0.4) is 0 Å². The van der Waals surface area contributed by atoms with Crippen molar-refractivity contribution in [1.82, 2.24) is 21.3 Å². The van der Waals surface area contributed by atoms with E-state index in [1.54, 1.807) is 0 Å². The molecule has 5 N–H and O–H groups in total. The molecule has 1 amide bonds. The first kappa shape index (κ1) is 26.8. The monoisotopic (exact) mass is 447 g/mol. The summed E-state index contributed by atoms with van der Waals surface area (Å²) in [6, 6.07) is 0. The van der Waals surface area contributed by atoms with E-state index >= 15 is 0 Å². The van der Waals surface area contributed by atoms with Crippen molar-refractivity contribution >= 4 is 17.7 Å². The summed E-state index contributed by atoms with van der Waals surface area (Å²) in [5.74, 6) is -0.594. The minimum Gasteiger partial charge on any atom is -0.861 e. The first-order chi connectivity index (χ1) is 12.8. The fraction of sp³-hybridized carbons (Fsp3) is 0.824. The number of nitrogens with zero attached hydrogens (tertiary/aromatic N) is 2. The largest absolute Gasteiger partial charge is 2.00 e. The molecule has 2 bridgehead atoms. The van der Waals surface area contributed by atoms with Crippen LogP contribution in [0.25, 0.3) is 0 Å². The summed E-state index contributed by atoms with van der Waals surface area (Å²) in [6.07, 6.45) is 0. The Bertz CT molecular complexity index is 516. The third kappa shape index (κ3) is 9.81. The van der Waals surface area contributed by atoms with Gasteiger partial charge in [-0.1, -0.05) is 13.8 Å². The number of amides is 1. The van der Waals surface area contributed by atoms with Gasteiger partial charge in [0.2, 0.25) is 5.91 Å². The van der Waals surface area contributed by atoms with Crippen LogP contribution in [0, 0.1) is 10.8 Å². The molecule has 0 aliphatic carbocycles. The van der Waals surface area contributed by atoms with Gasteiger partial charge in [-0.25, -0.2) is 0 Å². The summed E-state index contributed by atoms with van der Waals surface area (Å²) in [4.78, 5) is 20.3. The fourth-order valence-electron chi connectivity index (χ4n) is 2.81. The Kier molecular flexibility index (Phi) is 12.5. The maximum Gasteiger partial charge on any atom is 2.00 e.